The highest BCUT2D eigenvalue weighted by atomic mass is 32.2. The van der Waals surface area contributed by atoms with Crippen LogP contribution in [0, 0.1) is 6.92 Å². The van der Waals surface area contributed by atoms with Crippen LogP contribution in [-0.2, 0) is 14.8 Å². The van der Waals surface area contributed by atoms with Crippen LogP contribution in [0.15, 0.2) is 53.4 Å². The number of methoxy groups -OCH3 is 1. The first-order valence-electron chi connectivity index (χ1n) is 10.0. The van der Waals surface area contributed by atoms with Crippen molar-refractivity contribution < 1.29 is 17.9 Å². The Kier molecular flexibility index (Phi) is 7.66. The Morgan fingerprint density at radius 2 is 1.97 bits per heavy atom. The average molecular weight is 419 g/mol. The van der Waals surface area contributed by atoms with Crippen LogP contribution in [0.25, 0.3) is 0 Å². The molecule has 0 spiro atoms. The number of unbranched alkanes of at least 4 members (excludes halogenated alkanes) is 1. The summed E-state index contributed by atoms with van der Waals surface area (Å²) in [7, 11) is -2.10. The Bertz CT molecular complexity index is 887. The van der Waals surface area contributed by atoms with Gasteiger partial charge in [-0.15, -0.1) is 0 Å². The molecule has 0 saturated carbocycles. The molecule has 0 amide bonds. The number of morpholine rings is 1. The van der Waals surface area contributed by atoms with Gasteiger partial charge in [0, 0.05) is 19.6 Å². The molecule has 29 heavy (non-hydrogen) atoms. The van der Waals surface area contributed by atoms with E-state index in [2.05, 4.69) is 21.8 Å². The monoisotopic (exact) mass is 418 g/mol. The van der Waals surface area contributed by atoms with E-state index in [1.165, 1.54) is 12.7 Å². The quantitative estimate of drug-likeness (QED) is 0.634. The summed E-state index contributed by atoms with van der Waals surface area (Å²) >= 11 is 0. The molecule has 1 aliphatic heterocycles. The van der Waals surface area contributed by atoms with Crippen LogP contribution in [0.5, 0.6) is 5.75 Å². The van der Waals surface area contributed by atoms with Crippen molar-refractivity contribution >= 4 is 10.0 Å². The van der Waals surface area contributed by atoms with Crippen LogP contribution in [0.1, 0.15) is 30.1 Å². The molecule has 1 heterocycles. The third kappa shape index (κ3) is 6.02. The highest BCUT2D eigenvalue weighted by Crippen LogP contribution is 2.25. The number of nitrogens with one attached hydrogen (secondary N) is 1. The van der Waals surface area contributed by atoms with Crippen molar-refractivity contribution in [3.8, 4) is 5.75 Å². The predicted octanol–water partition coefficient (Wildman–Crippen LogP) is 3.14. The second-order valence-corrected chi connectivity index (χ2v) is 9.07. The maximum atomic E-state index is 12.6. The molecule has 158 valence electrons. The molecule has 0 bridgehead atoms. The van der Waals surface area contributed by atoms with Gasteiger partial charge in [0.2, 0.25) is 10.0 Å². The second kappa shape index (κ2) is 10.2. The number of hydrogen-bond acceptors (Lipinski definition) is 5. The summed E-state index contributed by atoms with van der Waals surface area (Å²) in [6.45, 7) is 5.71. The largest absolute Gasteiger partial charge is 0.495 e. The summed E-state index contributed by atoms with van der Waals surface area (Å²) in [6.07, 6.45) is 1.81. The topological polar surface area (TPSA) is 67.9 Å². The smallest absolute Gasteiger partial charge is 0.244 e. The highest BCUT2D eigenvalue weighted by molar-refractivity contribution is 7.89. The van der Waals surface area contributed by atoms with Crippen LogP contribution >= 0.6 is 0 Å². The van der Waals surface area contributed by atoms with E-state index in [9.17, 15) is 8.42 Å². The van der Waals surface area contributed by atoms with Crippen molar-refractivity contribution in [1.29, 1.82) is 0 Å². The van der Waals surface area contributed by atoms with Crippen molar-refractivity contribution in [3.63, 3.8) is 0 Å². The van der Waals surface area contributed by atoms with Gasteiger partial charge in [0.05, 0.1) is 19.8 Å². The first-order chi connectivity index (χ1) is 14.0. The van der Waals surface area contributed by atoms with Gasteiger partial charge in [0.25, 0.3) is 0 Å². The zero-order valence-electron chi connectivity index (χ0n) is 17.1. The number of nitrogens with zero attached hydrogens (tertiary/aromatic N) is 1. The lowest BCUT2D eigenvalue weighted by molar-refractivity contribution is -0.0303. The van der Waals surface area contributed by atoms with Gasteiger partial charge in [-0.25, -0.2) is 13.1 Å². The van der Waals surface area contributed by atoms with Crippen molar-refractivity contribution in [1.82, 2.24) is 9.62 Å². The minimum absolute atomic E-state index is 0.109. The van der Waals surface area contributed by atoms with E-state index in [0.29, 0.717) is 12.3 Å². The molecule has 2 aromatic rings. The van der Waals surface area contributed by atoms with Gasteiger partial charge in [-0.05, 0) is 49.6 Å². The lowest BCUT2D eigenvalue weighted by Gasteiger charge is -2.33. The lowest BCUT2D eigenvalue weighted by atomic mass is 10.1. The van der Waals surface area contributed by atoms with E-state index in [1.54, 1.807) is 12.1 Å². The molecule has 1 aliphatic rings. The van der Waals surface area contributed by atoms with Gasteiger partial charge in [-0.2, -0.15) is 0 Å². The summed E-state index contributed by atoms with van der Waals surface area (Å²) in [5, 5.41) is 0. The zero-order valence-corrected chi connectivity index (χ0v) is 18.0. The van der Waals surface area contributed by atoms with Crippen LogP contribution < -0.4 is 9.46 Å². The van der Waals surface area contributed by atoms with Crippen molar-refractivity contribution in [2.75, 3.05) is 39.9 Å². The molecule has 1 atom stereocenters. The number of ether oxygens (including phenoxy) is 2. The molecule has 1 fully saturated rings. The fourth-order valence-corrected chi connectivity index (χ4v) is 4.84. The average Bonchev–Trinajstić information content (AvgIpc) is 2.74. The molecule has 2 aromatic carbocycles. The van der Waals surface area contributed by atoms with Gasteiger partial charge in [-0.3, -0.25) is 4.90 Å². The normalized spacial score (nSPS) is 17.9. The third-order valence-electron chi connectivity index (χ3n) is 5.12. The van der Waals surface area contributed by atoms with Gasteiger partial charge in [-0.1, -0.05) is 36.4 Å². The Labute approximate surface area is 173 Å². The summed E-state index contributed by atoms with van der Waals surface area (Å²) in [5.74, 6) is 0.364. The van der Waals surface area contributed by atoms with E-state index in [1.807, 2.05) is 31.2 Å². The first-order valence-corrected chi connectivity index (χ1v) is 11.5. The first kappa shape index (κ1) is 21.8. The number of rotatable bonds is 9. The minimum atomic E-state index is -3.58. The zero-order chi connectivity index (χ0) is 20.7. The van der Waals surface area contributed by atoms with E-state index in [4.69, 9.17) is 9.47 Å². The number of aryl methyl sites for hydroxylation is 1. The minimum Gasteiger partial charge on any atom is -0.495 e. The van der Waals surface area contributed by atoms with Gasteiger partial charge < -0.3 is 9.47 Å². The van der Waals surface area contributed by atoms with Crippen LogP contribution in [-0.4, -0.2) is 53.2 Å². The predicted molar refractivity (Wildman–Crippen MR) is 114 cm³/mol. The summed E-state index contributed by atoms with van der Waals surface area (Å²) in [5.41, 5.74) is 2.09. The standard InChI is InChI=1S/C22H30N2O4S/c1-18-10-11-20(27-2)22(16-18)29(25,26)23-12-6-7-13-24-14-15-28-21(17-24)19-8-4-3-5-9-19/h3-5,8-11,16,21,23H,6-7,12-15,17H2,1-2H3/t21-/m0/s1. The molecule has 3 rings (SSSR count). The molecule has 1 N–H and O–H groups in total. The van der Waals surface area contributed by atoms with Gasteiger partial charge >= 0.3 is 0 Å². The van der Waals surface area contributed by atoms with E-state index in [-0.39, 0.29) is 11.0 Å². The maximum Gasteiger partial charge on any atom is 0.244 e. The van der Waals surface area contributed by atoms with Crippen molar-refractivity contribution in [2.24, 2.45) is 0 Å². The molecule has 0 unspecified atom stereocenters. The van der Waals surface area contributed by atoms with E-state index >= 15 is 0 Å². The maximum absolute atomic E-state index is 12.6. The van der Waals surface area contributed by atoms with Crippen LogP contribution in [0.3, 0.4) is 0 Å². The molecule has 0 radical (unpaired) electrons. The molecule has 7 heteroatoms. The van der Waals surface area contributed by atoms with Crippen molar-refractivity contribution in [3.05, 3.63) is 59.7 Å². The number of benzene rings is 2. The van der Waals surface area contributed by atoms with Gasteiger partial charge in [0.15, 0.2) is 0 Å². The van der Waals surface area contributed by atoms with Crippen LogP contribution in [0.4, 0.5) is 0 Å². The molecule has 6 nitrogen and oxygen atoms in total. The Morgan fingerprint density at radius 3 is 2.72 bits per heavy atom. The Morgan fingerprint density at radius 1 is 1.17 bits per heavy atom. The SMILES string of the molecule is COc1ccc(C)cc1S(=O)(=O)NCCCCN1CCO[C@H](c2ccccc2)C1. The number of sulfonamides is 1. The summed E-state index contributed by atoms with van der Waals surface area (Å²) in [4.78, 5) is 2.58. The fourth-order valence-electron chi connectivity index (χ4n) is 3.51. The molecule has 1 saturated heterocycles. The molecular weight excluding hydrogens is 388 g/mol. The third-order valence-corrected chi connectivity index (χ3v) is 6.61. The van der Waals surface area contributed by atoms with E-state index in [0.717, 1.165) is 44.6 Å². The Hall–Kier alpha value is -1.93. The summed E-state index contributed by atoms with van der Waals surface area (Å²) in [6, 6.07) is 15.4. The molecule has 0 aliphatic carbocycles. The Balaban J connectivity index is 1.44. The van der Waals surface area contributed by atoms with Crippen LogP contribution in [0.2, 0.25) is 0 Å². The number of hydrogen-bond donors (Lipinski definition) is 1. The molecular formula is C22H30N2O4S. The highest BCUT2D eigenvalue weighted by Gasteiger charge is 2.22. The van der Waals surface area contributed by atoms with Crippen molar-refractivity contribution in [2.45, 2.75) is 30.8 Å². The second-order valence-electron chi connectivity index (χ2n) is 7.33. The summed E-state index contributed by atoms with van der Waals surface area (Å²) < 4.78 is 39.0. The lowest BCUT2D eigenvalue weighted by Crippen LogP contribution is -2.39. The van der Waals surface area contributed by atoms with Gasteiger partial charge in [0.1, 0.15) is 10.6 Å². The fraction of sp³-hybridized carbons (Fsp3) is 0.455. The molecule has 0 aromatic heterocycles. The van der Waals surface area contributed by atoms with E-state index < -0.39 is 10.0 Å².